The van der Waals surface area contributed by atoms with Crippen molar-refractivity contribution in [1.29, 1.82) is 0 Å². The number of pyridine rings is 1. The molecule has 0 saturated carbocycles. The number of likely N-dealkylation sites (tertiary alicyclic amines) is 1. The number of hydrogen-bond donors (Lipinski definition) is 1. The smallest absolute Gasteiger partial charge is 0.253 e. The van der Waals surface area contributed by atoms with Crippen molar-refractivity contribution in [2.75, 3.05) is 26.2 Å². The van der Waals surface area contributed by atoms with E-state index in [0.717, 1.165) is 55.8 Å². The fourth-order valence-corrected chi connectivity index (χ4v) is 3.93. The number of nitrogens with zero attached hydrogens (tertiary/aromatic N) is 4. The molecule has 3 aromatic rings. The maximum absolute atomic E-state index is 12.7. The minimum absolute atomic E-state index is 0.0657. The van der Waals surface area contributed by atoms with Crippen LogP contribution in [-0.4, -0.2) is 51.9 Å². The van der Waals surface area contributed by atoms with Crippen LogP contribution < -0.4 is 5.32 Å². The quantitative estimate of drug-likeness (QED) is 0.702. The van der Waals surface area contributed by atoms with Gasteiger partial charge in [0.1, 0.15) is 5.52 Å². The number of nitrogens with one attached hydrogen (secondary N) is 1. The number of rotatable bonds is 6. The summed E-state index contributed by atoms with van der Waals surface area (Å²) in [5, 5.41) is 3.10. The molecule has 4 rings (SSSR count). The van der Waals surface area contributed by atoms with Gasteiger partial charge in [0, 0.05) is 43.3 Å². The number of carbonyl (C=O) groups is 1. The van der Waals surface area contributed by atoms with Crippen LogP contribution in [0.4, 0.5) is 0 Å². The van der Waals surface area contributed by atoms with Crippen LogP contribution in [0.3, 0.4) is 0 Å². The second kappa shape index (κ2) is 9.09. The molecule has 150 valence electrons. The van der Waals surface area contributed by atoms with Gasteiger partial charge in [-0.1, -0.05) is 12.1 Å². The lowest BCUT2D eigenvalue weighted by atomic mass is 9.96. The summed E-state index contributed by atoms with van der Waals surface area (Å²) in [6, 6.07) is 11.8. The van der Waals surface area contributed by atoms with Gasteiger partial charge in [0.2, 0.25) is 0 Å². The summed E-state index contributed by atoms with van der Waals surface area (Å²) in [5.74, 6) is 0.456. The summed E-state index contributed by atoms with van der Waals surface area (Å²) in [5.41, 5.74) is 4.24. The Morgan fingerprint density at radius 3 is 2.72 bits per heavy atom. The van der Waals surface area contributed by atoms with E-state index in [2.05, 4.69) is 37.3 Å². The Bertz CT molecular complexity index is 976. The second-order valence-corrected chi connectivity index (χ2v) is 7.74. The number of benzene rings is 1. The number of carbonyl (C=O) groups excluding carboxylic acids is 1. The number of amides is 1. The van der Waals surface area contributed by atoms with Crippen molar-refractivity contribution >= 4 is 16.9 Å². The van der Waals surface area contributed by atoms with Crippen molar-refractivity contribution in [2.24, 2.45) is 5.92 Å². The molecule has 1 aromatic carbocycles. The van der Waals surface area contributed by atoms with Gasteiger partial charge in [-0.25, -0.2) is 0 Å². The Kier molecular flexibility index (Phi) is 6.10. The van der Waals surface area contributed by atoms with E-state index < -0.39 is 0 Å². The fraction of sp³-hybridized carbons (Fsp3) is 0.391. The standard InChI is InChI=1S/C23H27N5O/c1-17-4-2-5-19(27-17)10-15-28-13-8-18(9-14-28)16-26-23(29)20-6-3-7-21-22(20)25-12-11-24-21/h2-7,11-12,18H,8-10,13-16H2,1H3,(H,26,29). The van der Waals surface area contributed by atoms with Gasteiger partial charge >= 0.3 is 0 Å². The summed E-state index contributed by atoms with van der Waals surface area (Å²) in [6.07, 6.45) is 6.48. The molecule has 1 N–H and O–H groups in total. The van der Waals surface area contributed by atoms with Gasteiger partial charge in [-0.3, -0.25) is 19.7 Å². The third-order valence-corrected chi connectivity index (χ3v) is 5.63. The zero-order valence-corrected chi connectivity index (χ0v) is 16.8. The molecule has 0 atom stereocenters. The molecular weight excluding hydrogens is 362 g/mol. The van der Waals surface area contributed by atoms with Gasteiger partial charge in [0.05, 0.1) is 11.1 Å². The van der Waals surface area contributed by atoms with Crippen LogP contribution in [0, 0.1) is 12.8 Å². The first-order valence-electron chi connectivity index (χ1n) is 10.3. The van der Waals surface area contributed by atoms with E-state index in [1.54, 1.807) is 12.4 Å². The third kappa shape index (κ3) is 4.95. The summed E-state index contributed by atoms with van der Waals surface area (Å²) in [7, 11) is 0. The van der Waals surface area contributed by atoms with Gasteiger partial charge in [-0.2, -0.15) is 0 Å². The molecule has 1 saturated heterocycles. The maximum atomic E-state index is 12.7. The molecule has 6 nitrogen and oxygen atoms in total. The van der Waals surface area contributed by atoms with Gasteiger partial charge < -0.3 is 10.2 Å². The predicted molar refractivity (Wildman–Crippen MR) is 114 cm³/mol. The van der Waals surface area contributed by atoms with Crippen LogP contribution in [0.5, 0.6) is 0 Å². The summed E-state index contributed by atoms with van der Waals surface area (Å²) >= 11 is 0. The zero-order valence-electron chi connectivity index (χ0n) is 16.8. The SMILES string of the molecule is Cc1cccc(CCN2CCC(CNC(=O)c3cccc4nccnc34)CC2)n1. The van der Waals surface area contributed by atoms with Crippen LogP contribution in [0.1, 0.15) is 34.6 Å². The zero-order chi connectivity index (χ0) is 20.1. The highest BCUT2D eigenvalue weighted by molar-refractivity contribution is 6.04. The molecule has 1 amide bonds. The average Bonchev–Trinajstić information content (AvgIpc) is 2.76. The highest BCUT2D eigenvalue weighted by atomic mass is 16.1. The average molecular weight is 390 g/mol. The number of aryl methyl sites for hydroxylation is 1. The van der Waals surface area contributed by atoms with E-state index in [1.165, 1.54) is 0 Å². The molecular formula is C23H27N5O. The van der Waals surface area contributed by atoms with E-state index >= 15 is 0 Å². The normalized spacial score (nSPS) is 15.5. The third-order valence-electron chi connectivity index (χ3n) is 5.63. The van der Waals surface area contributed by atoms with E-state index in [9.17, 15) is 4.79 Å². The lowest BCUT2D eigenvalue weighted by Crippen LogP contribution is -2.39. The highest BCUT2D eigenvalue weighted by Gasteiger charge is 2.20. The summed E-state index contributed by atoms with van der Waals surface area (Å²) in [6.45, 7) is 5.94. The molecule has 0 radical (unpaired) electrons. The number of hydrogen-bond acceptors (Lipinski definition) is 5. The number of para-hydroxylation sites is 1. The van der Waals surface area contributed by atoms with Crippen LogP contribution >= 0.6 is 0 Å². The number of aromatic nitrogens is 3. The molecule has 1 aliphatic rings. The first-order chi connectivity index (χ1) is 14.2. The molecule has 3 heterocycles. The van der Waals surface area contributed by atoms with Crippen molar-refractivity contribution in [3.63, 3.8) is 0 Å². The van der Waals surface area contributed by atoms with Crippen LogP contribution in [0.2, 0.25) is 0 Å². The van der Waals surface area contributed by atoms with Gasteiger partial charge in [0.15, 0.2) is 0 Å². The molecule has 2 aromatic heterocycles. The lowest BCUT2D eigenvalue weighted by molar-refractivity contribution is 0.0937. The van der Waals surface area contributed by atoms with E-state index in [4.69, 9.17) is 0 Å². The minimum atomic E-state index is -0.0657. The van der Waals surface area contributed by atoms with Crippen molar-refractivity contribution in [1.82, 2.24) is 25.2 Å². The Hall–Kier alpha value is -2.86. The van der Waals surface area contributed by atoms with Gasteiger partial charge in [-0.05, 0) is 63.0 Å². The summed E-state index contributed by atoms with van der Waals surface area (Å²) in [4.78, 5) is 28.3. The van der Waals surface area contributed by atoms with Crippen molar-refractivity contribution in [2.45, 2.75) is 26.2 Å². The topological polar surface area (TPSA) is 71.0 Å². The molecule has 0 unspecified atom stereocenters. The van der Waals surface area contributed by atoms with E-state index in [0.29, 0.717) is 23.5 Å². The van der Waals surface area contributed by atoms with Crippen molar-refractivity contribution in [3.05, 3.63) is 65.7 Å². The highest BCUT2D eigenvalue weighted by Crippen LogP contribution is 2.18. The van der Waals surface area contributed by atoms with E-state index in [-0.39, 0.29) is 5.91 Å². The molecule has 1 aliphatic heterocycles. The number of fused-ring (bicyclic) bond motifs is 1. The van der Waals surface area contributed by atoms with Crippen molar-refractivity contribution < 1.29 is 4.79 Å². The fourth-order valence-electron chi connectivity index (χ4n) is 3.93. The molecule has 6 heteroatoms. The monoisotopic (exact) mass is 389 g/mol. The van der Waals surface area contributed by atoms with Crippen LogP contribution in [-0.2, 0) is 6.42 Å². The maximum Gasteiger partial charge on any atom is 0.253 e. The molecule has 29 heavy (non-hydrogen) atoms. The number of piperidine rings is 1. The van der Waals surface area contributed by atoms with Crippen LogP contribution in [0.25, 0.3) is 11.0 Å². The van der Waals surface area contributed by atoms with Gasteiger partial charge in [-0.15, -0.1) is 0 Å². The molecule has 0 bridgehead atoms. The molecule has 0 spiro atoms. The first kappa shape index (κ1) is 19.5. The van der Waals surface area contributed by atoms with Crippen molar-refractivity contribution in [3.8, 4) is 0 Å². The van der Waals surface area contributed by atoms with Gasteiger partial charge in [0.25, 0.3) is 5.91 Å². The Balaban J connectivity index is 1.24. The predicted octanol–water partition coefficient (Wildman–Crippen LogP) is 3.02. The molecule has 0 aliphatic carbocycles. The summed E-state index contributed by atoms with van der Waals surface area (Å²) < 4.78 is 0. The Morgan fingerprint density at radius 1 is 1.10 bits per heavy atom. The molecule has 1 fully saturated rings. The van der Waals surface area contributed by atoms with E-state index in [1.807, 2.05) is 31.2 Å². The first-order valence-corrected chi connectivity index (χ1v) is 10.3. The Labute approximate surface area is 171 Å². The largest absolute Gasteiger partial charge is 0.352 e. The second-order valence-electron chi connectivity index (χ2n) is 7.74. The Morgan fingerprint density at radius 2 is 1.90 bits per heavy atom. The lowest BCUT2D eigenvalue weighted by Gasteiger charge is -2.32. The minimum Gasteiger partial charge on any atom is -0.352 e. The van der Waals surface area contributed by atoms with Crippen LogP contribution in [0.15, 0.2) is 48.8 Å².